The van der Waals surface area contributed by atoms with Gasteiger partial charge in [0, 0.05) is 31.2 Å². The third-order valence-corrected chi connectivity index (χ3v) is 2.55. The molecule has 82 valence electrons. The molecule has 0 spiro atoms. The highest BCUT2D eigenvalue weighted by Gasteiger charge is 2.21. The number of nitrogens with zero attached hydrogens (tertiary/aromatic N) is 2. The summed E-state index contributed by atoms with van der Waals surface area (Å²) in [7, 11) is 0. The maximum absolute atomic E-state index is 11.2. The van der Waals surface area contributed by atoms with Gasteiger partial charge in [-0.05, 0) is 13.8 Å². The Bertz CT molecular complexity index is 379. The zero-order valence-corrected chi connectivity index (χ0v) is 9.03. The first-order valence-electron chi connectivity index (χ1n) is 5.21. The molecule has 5 heteroatoms. The van der Waals surface area contributed by atoms with Gasteiger partial charge >= 0.3 is 0 Å². The highest BCUT2D eigenvalue weighted by atomic mass is 16.1. The van der Waals surface area contributed by atoms with Crippen molar-refractivity contribution in [3.8, 4) is 0 Å². The van der Waals surface area contributed by atoms with Gasteiger partial charge in [0.15, 0.2) is 0 Å². The molecule has 2 heterocycles. The van der Waals surface area contributed by atoms with Crippen LogP contribution in [0.2, 0.25) is 0 Å². The Hall–Kier alpha value is -1.36. The molecule has 15 heavy (non-hydrogen) atoms. The maximum Gasteiger partial charge on any atom is 0.252 e. The summed E-state index contributed by atoms with van der Waals surface area (Å²) in [5, 5.41) is 3.44. The molecule has 2 unspecified atom stereocenters. The van der Waals surface area contributed by atoms with Crippen molar-refractivity contribution in [1.29, 1.82) is 0 Å². The number of nitrogens with one attached hydrogen (secondary N) is 2. The molecule has 2 N–H and O–H groups in total. The van der Waals surface area contributed by atoms with Gasteiger partial charge in [-0.1, -0.05) is 0 Å². The molecule has 5 nitrogen and oxygen atoms in total. The second kappa shape index (κ2) is 4.02. The van der Waals surface area contributed by atoms with Crippen molar-refractivity contribution in [1.82, 2.24) is 15.3 Å². The Morgan fingerprint density at radius 3 is 2.67 bits per heavy atom. The standard InChI is InChI=1S/C10H16N4O/c1-7-4-14(5-8(2)13-7)9-3-10(15)12-6-11-9/h3,6-8,13H,4-5H2,1-2H3,(H,11,12,15). The van der Waals surface area contributed by atoms with E-state index in [9.17, 15) is 4.79 Å². The largest absolute Gasteiger partial charge is 0.353 e. The molecule has 0 saturated carbocycles. The van der Waals surface area contributed by atoms with Crippen molar-refractivity contribution >= 4 is 5.82 Å². The van der Waals surface area contributed by atoms with Crippen molar-refractivity contribution < 1.29 is 0 Å². The second-order valence-electron chi connectivity index (χ2n) is 4.14. The molecule has 0 aromatic carbocycles. The van der Waals surface area contributed by atoms with Crippen LogP contribution in [0.15, 0.2) is 17.2 Å². The predicted molar refractivity (Wildman–Crippen MR) is 59.1 cm³/mol. The number of hydrogen-bond acceptors (Lipinski definition) is 4. The molecule has 1 aromatic rings. The summed E-state index contributed by atoms with van der Waals surface area (Å²) in [6.45, 7) is 6.05. The minimum Gasteiger partial charge on any atom is -0.353 e. The van der Waals surface area contributed by atoms with Crippen LogP contribution in [0, 0.1) is 0 Å². The van der Waals surface area contributed by atoms with Crippen LogP contribution in [-0.2, 0) is 0 Å². The van der Waals surface area contributed by atoms with Gasteiger partial charge in [0.1, 0.15) is 5.82 Å². The van der Waals surface area contributed by atoms with Gasteiger partial charge in [0.25, 0.3) is 5.56 Å². The van der Waals surface area contributed by atoms with Crippen molar-refractivity contribution in [2.24, 2.45) is 0 Å². The molecular formula is C10H16N4O. The Morgan fingerprint density at radius 1 is 1.40 bits per heavy atom. The highest BCUT2D eigenvalue weighted by molar-refractivity contribution is 5.37. The number of piperazine rings is 1. The number of hydrogen-bond donors (Lipinski definition) is 2. The lowest BCUT2D eigenvalue weighted by atomic mass is 10.1. The van der Waals surface area contributed by atoms with E-state index in [2.05, 4.69) is 34.0 Å². The summed E-state index contributed by atoms with van der Waals surface area (Å²) in [4.78, 5) is 20.0. The van der Waals surface area contributed by atoms with Crippen LogP contribution in [0.1, 0.15) is 13.8 Å². The van der Waals surface area contributed by atoms with Gasteiger partial charge in [-0.15, -0.1) is 0 Å². The van der Waals surface area contributed by atoms with Gasteiger partial charge < -0.3 is 15.2 Å². The van der Waals surface area contributed by atoms with Crippen LogP contribution in [0.25, 0.3) is 0 Å². The molecule has 1 fully saturated rings. The second-order valence-corrected chi connectivity index (χ2v) is 4.14. The monoisotopic (exact) mass is 208 g/mol. The van der Waals surface area contributed by atoms with Crippen molar-refractivity contribution in [3.63, 3.8) is 0 Å². The minimum absolute atomic E-state index is 0.0983. The molecule has 1 saturated heterocycles. The van der Waals surface area contributed by atoms with Crippen LogP contribution in [-0.4, -0.2) is 35.1 Å². The van der Waals surface area contributed by atoms with Gasteiger partial charge in [-0.3, -0.25) is 4.79 Å². The first-order valence-corrected chi connectivity index (χ1v) is 5.21. The Kier molecular flexibility index (Phi) is 2.73. The molecule has 0 aliphatic carbocycles. The number of aromatic amines is 1. The third kappa shape index (κ3) is 2.36. The van der Waals surface area contributed by atoms with E-state index >= 15 is 0 Å². The molecule has 1 aliphatic heterocycles. The molecule has 0 radical (unpaired) electrons. The predicted octanol–water partition coefficient (Wildman–Crippen LogP) is -0.0435. The average molecular weight is 208 g/mol. The van der Waals surface area contributed by atoms with E-state index in [0.717, 1.165) is 18.9 Å². The van der Waals surface area contributed by atoms with Crippen LogP contribution < -0.4 is 15.8 Å². The summed E-state index contributed by atoms with van der Waals surface area (Å²) in [5.74, 6) is 0.763. The molecule has 0 bridgehead atoms. The van der Waals surface area contributed by atoms with Crippen molar-refractivity contribution in [2.45, 2.75) is 25.9 Å². The Morgan fingerprint density at radius 2 is 2.07 bits per heavy atom. The molecule has 0 amide bonds. The summed E-state index contributed by atoms with van der Waals surface area (Å²) in [6.07, 6.45) is 1.45. The van der Waals surface area contributed by atoms with Crippen LogP contribution in [0.4, 0.5) is 5.82 Å². The van der Waals surface area contributed by atoms with Crippen LogP contribution >= 0.6 is 0 Å². The van der Waals surface area contributed by atoms with E-state index < -0.39 is 0 Å². The zero-order chi connectivity index (χ0) is 10.8. The van der Waals surface area contributed by atoms with E-state index in [1.54, 1.807) is 6.07 Å². The maximum atomic E-state index is 11.2. The number of H-pyrrole nitrogens is 1. The van der Waals surface area contributed by atoms with Gasteiger partial charge in [-0.25, -0.2) is 4.98 Å². The summed E-state index contributed by atoms with van der Waals surface area (Å²) < 4.78 is 0. The fourth-order valence-corrected chi connectivity index (χ4v) is 2.05. The van der Waals surface area contributed by atoms with E-state index in [0.29, 0.717) is 12.1 Å². The van der Waals surface area contributed by atoms with Crippen molar-refractivity contribution in [3.05, 3.63) is 22.7 Å². The van der Waals surface area contributed by atoms with E-state index in [-0.39, 0.29) is 5.56 Å². The number of aromatic nitrogens is 2. The average Bonchev–Trinajstić information content (AvgIpc) is 2.16. The summed E-state index contributed by atoms with van der Waals surface area (Å²) in [5.41, 5.74) is -0.0983. The van der Waals surface area contributed by atoms with E-state index in [4.69, 9.17) is 0 Å². The van der Waals surface area contributed by atoms with Gasteiger partial charge in [0.2, 0.25) is 0 Å². The number of anilines is 1. The summed E-state index contributed by atoms with van der Waals surface area (Å²) in [6, 6.07) is 2.40. The number of rotatable bonds is 1. The lowest BCUT2D eigenvalue weighted by molar-refractivity contribution is 0.405. The smallest absolute Gasteiger partial charge is 0.252 e. The normalized spacial score (nSPS) is 26.7. The van der Waals surface area contributed by atoms with Crippen LogP contribution in [0.5, 0.6) is 0 Å². The molecule has 2 atom stereocenters. The van der Waals surface area contributed by atoms with Gasteiger partial charge in [0.05, 0.1) is 6.33 Å². The van der Waals surface area contributed by atoms with Gasteiger partial charge in [-0.2, -0.15) is 0 Å². The highest BCUT2D eigenvalue weighted by Crippen LogP contribution is 2.11. The third-order valence-electron chi connectivity index (χ3n) is 2.55. The Balaban J connectivity index is 2.19. The quantitative estimate of drug-likeness (QED) is 0.679. The summed E-state index contributed by atoms with van der Waals surface area (Å²) >= 11 is 0. The topological polar surface area (TPSA) is 61.0 Å². The fourth-order valence-electron chi connectivity index (χ4n) is 2.05. The molecule has 1 aliphatic rings. The SMILES string of the molecule is CC1CN(c2cc(=O)[nH]cn2)CC(C)N1. The van der Waals surface area contributed by atoms with E-state index in [1.807, 2.05) is 0 Å². The molecule has 2 rings (SSSR count). The zero-order valence-electron chi connectivity index (χ0n) is 9.03. The fraction of sp³-hybridized carbons (Fsp3) is 0.600. The van der Waals surface area contributed by atoms with Crippen molar-refractivity contribution in [2.75, 3.05) is 18.0 Å². The first kappa shape index (κ1) is 10.2. The minimum atomic E-state index is -0.0983. The lowest BCUT2D eigenvalue weighted by Crippen LogP contribution is -2.54. The van der Waals surface area contributed by atoms with E-state index in [1.165, 1.54) is 6.33 Å². The first-order chi connectivity index (χ1) is 7.15. The molecular weight excluding hydrogens is 192 g/mol. The Labute approximate surface area is 88.5 Å². The lowest BCUT2D eigenvalue weighted by Gasteiger charge is -2.36. The molecule has 1 aromatic heterocycles. The van der Waals surface area contributed by atoms with Crippen LogP contribution in [0.3, 0.4) is 0 Å².